The van der Waals surface area contributed by atoms with Crippen molar-refractivity contribution in [2.45, 2.75) is 39.0 Å². The first-order valence-corrected chi connectivity index (χ1v) is 4.36. The topological polar surface area (TPSA) is 0 Å². The van der Waals surface area contributed by atoms with E-state index in [9.17, 15) is 0 Å². The van der Waals surface area contributed by atoms with E-state index in [1.54, 1.807) is 19.3 Å². The Balaban J connectivity index is 2.05. The Labute approximate surface area is 57.6 Å². The monoisotopic (exact) mass is 124 g/mol. The third-order valence-electron chi connectivity index (χ3n) is 3.42. The second-order valence-electron chi connectivity index (χ2n) is 3.99. The summed E-state index contributed by atoms with van der Waals surface area (Å²) >= 11 is 0. The summed E-state index contributed by atoms with van der Waals surface area (Å²) < 4.78 is 0. The lowest BCUT2D eigenvalue weighted by Gasteiger charge is -2.24. The third kappa shape index (κ3) is 0.889. The Morgan fingerprint density at radius 3 is 2.56 bits per heavy atom. The Bertz CT molecular complexity index is 107. The van der Waals surface area contributed by atoms with E-state index in [0.717, 1.165) is 17.8 Å². The number of fused-ring (bicyclic) bond motifs is 2. The van der Waals surface area contributed by atoms with Crippen molar-refractivity contribution in [3.05, 3.63) is 0 Å². The highest BCUT2D eigenvalue weighted by Crippen LogP contribution is 2.44. The fourth-order valence-electron chi connectivity index (χ4n) is 2.63. The van der Waals surface area contributed by atoms with Crippen molar-refractivity contribution in [2.75, 3.05) is 0 Å². The zero-order valence-corrected chi connectivity index (χ0v) is 6.27. The van der Waals surface area contributed by atoms with Gasteiger partial charge in [0, 0.05) is 0 Å². The smallest absolute Gasteiger partial charge is 0.0386 e. The van der Waals surface area contributed by atoms with Gasteiger partial charge in [-0.15, -0.1) is 0 Å². The lowest BCUT2D eigenvalue weighted by molar-refractivity contribution is 0.265. The molecule has 0 radical (unpaired) electrons. The minimum atomic E-state index is 1.06. The van der Waals surface area contributed by atoms with E-state index >= 15 is 0 Å². The van der Waals surface area contributed by atoms with Crippen LogP contribution in [0.5, 0.6) is 0 Å². The van der Waals surface area contributed by atoms with Gasteiger partial charge in [-0.1, -0.05) is 26.2 Å². The van der Waals surface area contributed by atoms with E-state index in [-0.39, 0.29) is 0 Å². The van der Waals surface area contributed by atoms with E-state index in [1.165, 1.54) is 12.8 Å². The molecule has 0 heterocycles. The molecule has 9 heavy (non-hydrogen) atoms. The molecule has 52 valence electrons. The average molecular weight is 124 g/mol. The lowest BCUT2D eigenvalue weighted by Crippen LogP contribution is -2.14. The van der Waals surface area contributed by atoms with Crippen LogP contribution in [0.25, 0.3) is 0 Å². The standard InChI is InChI=1S/C9H16/c1-7-2-3-8-4-5-9(7)6-8/h7-9H,2-6H2,1H3/t7?,8-,9?/m0/s1. The molecule has 0 aromatic rings. The summed E-state index contributed by atoms with van der Waals surface area (Å²) in [6.45, 7) is 2.44. The maximum absolute atomic E-state index is 2.44. The number of rotatable bonds is 0. The first kappa shape index (κ1) is 5.76. The van der Waals surface area contributed by atoms with Crippen molar-refractivity contribution in [3.63, 3.8) is 0 Å². The number of hydrogen-bond donors (Lipinski definition) is 0. The maximum atomic E-state index is 2.44. The molecule has 0 nitrogen and oxygen atoms in total. The Morgan fingerprint density at radius 1 is 1.00 bits per heavy atom. The quantitative estimate of drug-likeness (QED) is 0.466. The van der Waals surface area contributed by atoms with Gasteiger partial charge in [-0.25, -0.2) is 0 Å². The normalized spacial score (nSPS) is 49.7. The molecular formula is C9H16. The summed E-state index contributed by atoms with van der Waals surface area (Å²) in [5.41, 5.74) is 0. The molecule has 0 heteroatoms. The van der Waals surface area contributed by atoms with Crippen LogP contribution in [0.4, 0.5) is 0 Å². The molecule has 0 N–H and O–H groups in total. The minimum absolute atomic E-state index is 1.06. The third-order valence-corrected chi connectivity index (χ3v) is 3.42. The SMILES string of the molecule is CC1CC[C@H]2CCC1C2. The van der Waals surface area contributed by atoms with Gasteiger partial charge in [0.15, 0.2) is 0 Å². The maximum Gasteiger partial charge on any atom is -0.0386 e. The molecule has 0 saturated heterocycles. The highest BCUT2D eigenvalue weighted by Gasteiger charge is 2.32. The highest BCUT2D eigenvalue weighted by molar-refractivity contribution is 4.84. The van der Waals surface area contributed by atoms with Gasteiger partial charge in [-0.2, -0.15) is 0 Å². The van der Waals surface area contributed by atoms with Crippen molar-refractivity contribution in [1.82, 2.24) is 0 Å². The summed E-state index contributed by atoms with van der Waals surface area (Å²) in [6, 6.07) is 0. The van der Waals surface area contributed by atoms with Gasteiger partial charge in [-0.05, 0) is 30.6 Å². The van der Waals surface area contributed by atoms with Gasteiger partial charge < -0.3 is 0 Å². The van der Waals surface area contributed by atoms with Gasteiger partial charge >= 0.3 is 0 Å². The molecule has 3 atom stereocenters. The van der Waals surface area contributed by atoms with Gasteiger partial charge in [0.25, 0.3) is 0 Å². The Morgan fingerprint density at radius 2 is 1.78 bits per heavy atom. The van der Waals surface area contributed by atoms with Gasteiger partial charge in [0.05, 0.1) is 0 Å². The van der Waals surface area contributed by atoms with Crippen molar-refractivity contribution < 1.29 is 0 Å². The minimum Gasteiger partial charge on any atom is -0.0622 e. The van der Waals surface area contributed by atoms with Crippen molar-refractivity contribution in [1.29, 1.82) is 0 Å². The second kappa shape index (κ2) is 2.00. The van der Waals surface area contributed by atoms with Crippen LogP contribution >= 0.6 is 0 Å². The molecule has 0 aromatic heterocycles. The predicted octanol–water partition coefficient (Wildman–Crippen LogP) is 2.83. The van der Waals surface area contributed by atoms with E-state index in [4.69, 9.17) is 0 Å². The van der Waals surface area contributed by atoms with Crippen LogP contribution in [0.15, 0.2) is 0 Å². The van der Waals surface area contributed by atoms with E-state index < -0.39 is 0 Å². The average Bonchev–Trinajstić information content (AvgIpc) is 2.25. The molecule has 2 saturated carbocycles. The van der Waals surface area contributed by atoms with Crippen LogP contribution in [-0.4, -0.2) is 0 Å². The zero-order valence-electron chi connectivity index (χ0n) is 6.27. The lowest BCUT2D eigenvalue weighted by atomic mass is 9.81. The van der Waals surface area contributed by atoms with Gasteiger partial charge in [0.2, 0.25) is 0 Å². The molecule has 2 rings (SSSR count). The summed E-state index contributed by atoms with van der Waals surface area (Å²) in [7, 11) is 0. The highest BCUT2D eigenvalue weighted by atomic mass is 14.4. The molecule has 0 aliphatic heterocycles. The molecule has 0 aromatic carbocycles. The van der Waals surface area contributed by atoms with E-state index in [0.29, 0.717) is 0 Å². The molecule has 0 spiro atoms. The fourth-order valence-corrected chi connectivity index (χ4v) is 2.63. The first-order chi connectivity index (χ1) is 4.36. The Hall–Kier alpha value is 0. The molecule has 2 unspecified atom stereocenters. The summed E-state index contributed by atoms with van der Waals surface area (Å²) in [5.74, 6) is 3.33. The van der Waals surface area contributed by atoms with Crippen LogP contribution < -0.4 is 0 Å². The molecule has 2 fully saturated rings. The van der Waals surface area contributed by atoms with Crippen LogP contribution in [0.3, 0.4) is 0 Å². The molecule has 2 bridgehead atoms. The van der Waals surface area contributed by atoms with Crippen LogP contribution in [0.2, 0.25) is 0 Å². The molecule has 2 aliphatic rings. The summed E-state index contributed by atoms with van der Waals surface area (Å²) in [4.78, 5) is 0. The number of hydrogen-bond acceptors (Lipinski definition) is 0. The van der Waals surface area contributed by atoms with Crippen molar-refractivity contribution in [2.24, 2.45) is 17.8 Å². The largest absolute Gasteiger partial charge is 0.0622 e. The predicted molar refractivity (Wildman–Crippen MR) is 39.2 cm³/mol. The molecule has 0 amide bonds. The molecule has 2 aliphatic carbocycles. The first-order valence-electron chi connectivity index (χ1n) is 4.36. The van der Waals surface area contributed by atoms with E-state index in [1.807, 2.05) is 0 Å². The molecular weight excluding hydrogens is 108 g/mol. The fraction of sp³-hybridized carbons (Fsp3) is 1.00. The van der Waals surface area contributed by atoms with Crippen LogP contribution in [-0.2, 0) is 0 Å². The van der Waals surface area contributed by atoms with E-state index in [2.05, 4.69) is 6.92 Å². The van der Waals surface area contributed by atoms with Crippen LogP contribution in [0, 0.1) is 17.8 Å². The summed E-state index contributed by atoms with van der Waals surface area (Å²) in [6.07, 6.45) is 7.73. The van der Waals surface area contributed by atoms with Crippen LogP contribution in [0.1, 0.15) is 39.0 Å². The van der Waals surface area contributed by atoms with Crippen molar-refractivity contribution >= 4 is 0 Å². The zero-order chi connectivity index (χ0) is 6.27. The van der Waals surface area contributed by atoms with Gasteiger partial charge in [0.1, 0.15) is 0 Å². The Kier molecular flexibility index (Phi) is 1.28. The summed E-state index contributed by atoms with van der Waals surface area (Å²) in [5, 5.41) is 0. The van der Waals surface area contributed by atoms with Gasteiger partial charge in [-0.3, -0.25) is 0 Å². The second-order valence-corrected chi connectivity index (χ2v) is 3.99. The van der Waals surface area contributed by atoms with Crippen molar-refractivity contribution in [3.8, 4) is 0 Å².